The number of carbonyl (C=O) groups excluding carboxylic acids is 1. The molecule has 7 heteroatoms. The van der Waals surface area contributed by atoms with Gasteiger partial charge in [0.25, 0.3) is 5.91 Å². The summed E-state index contributed by atoms with van der Waals surface area (Å²) in [5.41, 5.74) is 2.80. The van der Waals surface area contributed by atoms with Gasteiger partial charge in [-0.1, -0.05) is 24.3 Å². The van der Waals surface area contributed by atoms with E-state index in [1.165, 1.54) is 12.1 Å². The van der Waals surface area contributed by atoms with Gasteiger partial charge in [0.05, 0.1) is 12.6 Å². The second-order valence-corrected chi connectivity index (χ2v) is 7.83. The molecule has 0 fully saturated rings. The quantitative estimate of drug-likeness (QED) is 0.477. The molecule has 31 heavy (non-hydrogen) atoms. The molecular weight excluding hydrogens is 393 g/mol. The monoisotopic (exact) mass is 427 g/mol. The maximum Gasteiger partial charge on any atom is 0.253 e. The largest absolute Gasteiger partial charge is 0.357 e. The molecule has 0 saturated heterocycles. The molecule has 0 aliphatic rings. The Balaban J connectivity index is 2.00. The molecule has 6 nitrogen and oxygen atoms in total. The van der Waals surface area contributed by atoms with Crippen LogP contribution in [0.15, 0.2) is 53.5 Å². The molecule has 0 radical (unpaired) electrons. The Morgan fingerprint density at radius 2 is 1.77 bits per heavy atom. The number of carbonyl (C=O) groups is 1. The van der Waals surface area contributed by atoms with Crippen LogP contribution >= 0.6 is 0 Å². The van der Waals surface area contributed by atoms with Gasteiger partial charge in [-0.05, 0) is 62.8 Å². The van der Waals surface area contributed by atoms with Gasteiger partial charge in [0, 0.05) is 32.7 Å². The van der Waals surface area contributed by atoms with Gasteiger partial charge in [0.2, 0.25) is 0 Å². The highest BCUT2D eigenvalue weighted by Gasteiger charge is 2.14. The highest BCUT2D eigenvalue weighted by atomic mass is 19.1. The summed E-state index contributed by atoms with van der Waals surface area (Å²) in [6.07, 6.45) is 0.772. The van der Waals surface area contributed by atoms with E-state index in [4.69, 9.17) is 4.99 Å². The van der Waals surface area contributed by atoms with Crippen molar-refractivity contribution in [1.82, 2.24) is 20.4 Å². The molecule has 0 aliphatic carbocycles. The summed E-state index contributed by atoms with van der Waals surface area (Å²) in [5.74, 6) is 0.494. The minimum Gasteiger partial charge on any atom is -0.357 e. The van der Waals surface area contributed by atoms with Crippen molar-refractivity contribution in [2.75, 3.05) is 47.8 Å². The molecule has 1 unspecified atom stereocenters. The summed E-state index contributed by atoms with van der Waals surface area (Å²) in [6, 6.07) is 14.3. The lowest BCUT2D eigenvalue weighted by Crippen LogP contribution is -2.39. The summed E-state index contributed by atoms with van der Waals surface area (Å²) >= 11 is 0. The number of hydrogen-bond acceptors (Lipinski definition) is 3. The van der Waals surface area contributed by atoms with Gasteiger partial charge < -0.3 is 20.4 Å². The molecule has 0 aromatic heterocycles. The first-order chi connectivity index (χ1) is 14.8. The third-order valence-electron chi connectivity index (χ3n) is 4.93. The summed E-state index contributed by atoms with van der Waals surface area (Å²) in [6.45, 7) is 4.01. The zero-order chi connectivity index (χ0) is 22.8. The van der Waals surface area contributed by atoms with Crippen molar-refractivity contribution in [1.29, 1.82) is 0 Å². The minimum absolute atomic E-state index is 0.000214. The van der Waals surface area contributed by atoms with E-state index in [0.29, 0.717) is 18.7 Å². The van der Waals surface area contributed by atoms with Gasteiger partial charge in [0.1, 0.15) is 5.82 Å². The summed E-state index contributed by atoms with van der Waals surface area (Å²) in [7, 11) is 7.49. The minimum atomic E-state index is -0.240. The lowest BCUT2D eigenvalue weighted by atomic mass is 10.1. The van der Waals surface area contributed by atoms with E-state index in [1.54, 1.807) is 31.1 Å². The van der Waals surface area contributed by atoms with Crippen LogP contribution in [0.25, 0.3) is 0 Å². The number of likely N-dealkylation sites (N-methyl/N-ethyl adjacent to an activating group) is 1. The number of nitrogens with zero attached hydrogens (tertiary/aromatic N) is 3. The molecule has 1 atom stereocenters. The normalized spacial score (nSPS) is 12.5. The number of rotatable bonds is 9. The number of amides is 1. The Labute approximate surface area is 185 Å². The van der Waals surface area contributed by atoms with Crippen LogP contribution < -0.4 is 10.6 Å². The fraction of sp³-hybridized carbons (Fsp3) is 0.417. The van der Waals surface area contributed by atoms with E-state index in [0.717, 1.165) is 30.1 Å². The van der Waals surface area contributed by atoms with Crippen LogP contribution in [0.2, 0.25) is 0 Å². The van der Waals surface area contributed by atoms with Crippen LogP contribution in [0.5, 0.6) is 0 Å². The van der Waals surface area contributed by atoms with Crippen molar-refractivity contribution < 1.29 is 9.18 Å². The van der Waals surface area contributed by atoms with Gasteiger partial charge >= 0.3 is 0 Å². The second-order valence-electron chi connectivity index (χ2n) is 7.83. The van der Waals surface area contributed by atoms with E-state index < -0.39 is 0 Å². The Hall–Kier alpha value is -2.93. The average Bonchev–Trinajstić information content (AvgIpc) is 2.74. The molecule has 0 heterocycles. The van der Waals surface area contributed by atoms with Crippen molar-refractivity contribution in [3.8, 4) is 0 Å². The number of nitrogens with one attached hydrogen (secondary N) is 2. The van der Waals surface area contributed by atoms with Crippen LogP contribution in [-0.4, -0.2) is 69.5 Å². The first kappa shape index (κ1) is 24.3. The Morgan fingerprint density at radius 1 is 1.06 bits per heavy atom. The maximum atomic E-state index is 13.3. The van der Waals surface area contributed by atoms with Gasteiger partial charge in [-0.15, -0.1) is 0 Å². The number of guanidine groups is 1. The van der Waals surface area contributed by atoms with E-state index in [1.807, 2.05) is 45.3 Å². The molecule has 2 aromatic rings. The van der Waals surface area contributed by atoms with Crippen LogP contribution in [0.1, 0.15) is 34.5 Å². The molecule has 0 saturated carbocycles. The number of hydrogen-bond donors (Lipinski definition) is 2. The maximum absolute atomic E-state index is 13.3. The first-order valence-corrected chi connectivity index (χ1v) is 10.6. The van der Waals surface area contributed by atoms with Crippen LogP contribution in [0, 0.1) is 5.82 Å². The molecule has 2 rings (SSSR count). The van der Waals surface area contributed by atoms with E-state index in [9.17, 15) is 9.18 Å². The van der Waals surface area contributed by atoms with Crippen molar-refractivity contribution in [2.24, 2.45) is 4.99 Å². The van der Waals surface area contributed by atoms with E-state index in [2.05, 4.69) is 15.5 Å². The fourth-order valence-electron chi connectivity index (χ4n) is 3.21. The smallest absolute Gasteiger partial charge is 0.253 e. The zero-order valence-corrected chi connectivity index (χ0v) is 19.2. The van der Waals surface area contributed by atoms with Gasteiger partial charge in [-0.2, -0.15) is 0 Å². The predicted octanol–water partition coefficient (Wildman–Crippen LogP) is 2.93. The lowest BCUT2D eigenvalue weighted by molar-refractivity contribution is 0.0827. The van der Waals surface area contributed by atoms with Crippen molar-refractivity contribution in [3.05, 3.63) is 71.0 Å². The van der Waals surface area contributed by atoms with Crippen molar-refractivity contribution in [2.45, 2.75) is 19.4 Å². The summed E-state index contributed by atoms with van der Waals surface area (Å²) < 4.78 is 13.3. The number of halogens is 1. The lowest BCUT2D eigenvalue weighted by Gasteiger charge is -2.23. The third kappa shape index (κ3) is 7.68. The van der Waals surface area contributed by atoms with Crippen LogP contribution in [-0.2, 0) is 6.42 Å². The molecule has 0 aliphatic heterocycles. The molecule has 0 spiro atoms. The third-order valence-corrected chi connectivity index (χ3v) is 4.93. The van der Waals surface area contributed by atoms with Gasteiger partial charge in [0.15, 0.2) is 5.96 Å². The summed E-state index contributed by atoms with van der Waals surface area (Å²) in [4.78, 5) is 20.5. The van der Waals surface area contributed by atoms with Crippen molar-refractivity contribution >= 4 is 11.9 Å². The van der Waals surface area contributed by atoms with E-state index >= 15 is 0 Å². The molecule has 2 aromatic carbocycles. The molecule has 168 valence electrons. The Morgan fingerprint density at radius 3 is 2.39 bits per heavy atom. The SMILES string of the molecule is CCNC(=NCC(c1ccc(F)cc1)N(C)C)NCCc1cccc(C(=O)N(C)C)c1. The molecular formula is C24H34FN5O. The average molecular weight is 428 g/mol. The highest BCUT2D eigenvalue weighted by Crippen LogP contribution is 2.19. The molecule has 1 amide bonds. The van der Waals surface area contributed by atoms with Gasteiger partial charge in [-0.25, -0.2) is 4.39 Å². The molecule has 0 bridgehead atoms. The van der Waals surface area contributed by atoms with Crippen LogP contribution in [0.4, 0.5) is 4.39 Å². The standard InChI is InChI=1S/C24H34FN5O/c1-6-26-24(28-17-22(29(2)3)19-10-12-21(25)13-11-19)27-15-14-18-8-7-9-20(16-18)23(31)30(4)5/h7-13,16,22H,6,14-15,17H2,1-5H3,(H2,26,27,28). The van der Waals surface area contributed by atoms with Gasteiger partial charge in [-0.3, -0.25) is 9.79 Å². The van der Waals surface area contributed by atoms with Crippen molar-refractivity contribution in [3.63, 3.8) is 0 Å². The van der Waals surface area contributed by atoms with Crippen LogP contribution in [0.3, 0.4) is 0 Å². The predicted molar refractivity (Wildman–Crippen MR) is 125 cm³/mol. The fourth-order valence-corrected chi connectivity index (χ4v) is 3.21. The summed E-state index contributed by atoms with van der Waals surface area (Å²) in [5, 5.41) is 6.63. The number of aliphatic imine (C=N–C) groups is 1. The Kier molecular flexibility index (Phi) is 9.46. The first-order valence-electron chi connectivity index (χ1n) is 10.6. The van der Waals surface area contributed by atoms with E-state index in [-0.39, 0.29) is 17.8 Å². The topological polar surface area (TPSA) is 60.0 Å². The Bertz CT molecular complexity index is 865. The highest BCUT2D eigenvalue weighted by molar-refractivity contribution is 5.94. The second kappa shape index (κ2) is 12.1. The molecule has 2 N–H and O–H groups in total. The number of benzene rings is 2. The zero-order valence-electron chi connectivity index (χ0n) is 19.2.